The van der Waals surface area contributed by atoms with Crippen molar-refractivity contribution < 1.29 is 4.79 Å². The SMILES string of the molecule is Cn1ncc(Cl)c1C(=O)Nc1ncn(Cc2ccc(Cl)cc2)n1. The molecule has 0 atom stereocenters. The van der Waals surface area contributed by atoms with Gasteiger partial charge in [-0.15, -0.1) is 5.10 Å². The number of aryl methyl sites for hydroxylation is 1. The molecule has 0 aliphatic heterocycles. The fourth-order valence-corrected chi connectivity index (χ4v) is 2.41. The van der Waals surface area contributed by atoms with E-state index in [1.54, 1.807) is 23.9 Å². The van der Waals surface area contributed by atoms with Crippen LogP contribution in [0.1, 0.15) is 16.1 Å². The smallest absolute Gasteiger partial charge is 0.277 e. The van der Waals surface area contributed by atoms with Gasteiger partial charge in [0.1, 0.15) is 12.0 Å². The van der Waals surface area contributed by atoms with Crippen molar-refractivity contribution >= 4 is 35.1 Å². The van der Waals surface area contributed by atoms with Gasteiger partial charge in [-0.1, -0.05) is 35.3 Å². The van der Waals surface area contributed by atoms with E-state index in [1.165, 1.54) is 17.2 Å². The second-order valence-electron chi connectivity index (χ2n) is 4.81. The number of hydrogen-bond donors (Lipinski definition) is 1. The first kappa shape index (κ1) is 15.5. The summed E-state index contributed by atoms with van der Waals surface area (Å²) in [6, 6.07) is 7.41. The minimum atomic E-state index is -0.417. The van der Waals surface area contributed by atoms with Gasteiger partial charge in [-0.05, 0) is 17.7 Å². The molecular weight excluding hydrogens is 339 g/mol. The predicted octanol–water partition coefficient (Wildman–Crippen LogP) is 2.62. The summed E-state index contributed by atoms with van der Waals surface area (Å²) in [5, 5.41) is 11.7. The van der Waals surface area contributed by atoms with Crippen molar-refractivity contribution in [2.45, 2.75) is 6.54 Å². The van der Waals surface area contributed by atoms with Crippen LogP contribution in [-0.4, -0.2) is 30.5 Å². The van der Waals surface area contributed by atoms with Crippen molar-refractivity contribution in [1.29, 1.82) is 0 Å². The quantitative estimate of drug-likeness (QED) is 0.784. The van der Waals surface area contributed by atoms with Crippen molar-refractivity contribution in [2.75, 3.05) is 5.32 Å². The van der Waals surface area contributed by atoms with Gasteiger partial charge in [0.05, 0.1) is 17.8 Å². The molecule has 23 heavy (non-hydrogen) atoms. The number of nitrogens with one attached hydrogen (secondary N) is 1. The molecule has 3 rings (SSSR count). The number of aromatic nitrogens is 5. The van der Waals surface area contributed by atoms with Gasteiger partial charge < -0.3 is 0 Å². The van der Waals surface area contributed by atoms with Crippen LogP contribution < -0.4 is 5.32 Å². The highest BCUT2D eigenvalue weighted by Gasteiger charge is 2.17. The fraction of sp³-hybridized carbons (Fsp3) is 0.143. The minimum absolute atomic E-state index is 0.196. The first-order chi connectivity index (χ1) is 11.0. The molecule has 118 valence electrons. The molecule has 1 aromatic carbocycles. The summed E-state index contributed by atoms with van der Waals surface area (Å²) in [6.07, 6.45) is 2.94. The first-order valence-corrected chi connectivity index (χ1v) is 7.41. The lowest BCUT2D eigenvalue weighted by Crippen LogP contribution is -2.17. The standard InChI is InChI=1S/C14H12Cl2N6O/c1-21-12(11(16)6-18-21)13(23)19-14-17-8-22(20-14)7-9-2-4-10(15)5-3-9/h2-6,8H,7H2,1H3,(H,19,20,23). The Morgan fingerprint density at radius 1 is 1.26 bits per heavy atom. The molecule has 3 aromatic rings. The Hall–Kier alpha value is -2.38. The highest BCUT2D eigenvalue weighted by molar-refractivity contribution is 6.34. The van der Waals surface area contributed by atoms with E-state index in [1.807, 2.05) is 12.1 Å². The Bertz CT molecular complexity index is 820. The van der Waals surface area contributed by atoms with Crippen LogP contribution in [0.3, 0.4) is 0 Å². The van der Waals surface area contributed by atoms with Crippen LogP contribution in [0.2, 0.25) is 10.0 Å². The molecule has 2 heterocycles. The van der Waals surface area contributed by atoms with E-state index < -0.39 is 5.91 Å². The van der Waals surface area contributed by atoms with E-state index in [9.17, 15) is 4.79 Å². The second-order valence-corrected chi connectivity index (χ2v) is 5.65. The maximum atomic E-state index is 12.2. The third-order valence-corrected chi connectivity index (χ3v) is 3.66. The topological polar surface area (TPSA) is 77.6 Å². The van der Waals surface area contributed by atoms with E-state index in [2.05, 4.69) is 20.5 Å². The summed E-state index contributed by atoms with van der Waals surface area (Å²) in [4.78, 5) is 16.2. The number of carbonyl (C=O) groups excluding carboxylic acids is 1. The molecule has 1 amide bonds. The number of benzene rings is 1. The Morgan fingerprint density at radius 2 is 2.00 bits per heavy atom. The van der Waals surface area contributed by atoms with E-state index in [0.717, 1.165) is 5.56 Å². The fourth-order valence-electron chi connectivity index (χ4n) is 2.03. The molecule has 0 aliphatic rings. The summed E-state index contributed by atoms with van der Waals surface area (Å²) in [7, 11) is 1.63. The molecule has 9 heteroatoms. The Labute approximate surface area is 141 Å². The van der Waals surface area contributed by atoms with Crippen LogP contribution >= 0.6 is 23.2 Å². The minimum Gasteiger partial charge on any atom is -0.288 e. The van der Waals surface area contributed by atoms with Crippen LogP contribution in [0.5, 0.6) is 0 Å². The average molecular weight is 351 g/mol. The molecule has 0 spiro atoms. The molecule has 2 aromatic heterocycles. The van der Waals surface area contributed by atoms with Crippen molar-refractivity contribution in [3.8, 4) is 0 Å². The second kappa shape index (κ2) is 6.39. The third-order valence-electron chi connectivity index (χ3n) is 3.13. The lowest BCUT2D eigenvalue weighted by Gasteiger charge is -2.03. The largest absolute Gasteiger partial charge is 0.288 e. The predicted molar refractivity (Wildman–Crippen MR) is 86.7 cm³/mol. The number of rotatable bonds is 4. The summed E-state index contributed by atoms with van der Waals surface area (Å²) in [5.41, 5.74) is 1.27. The van der Waals surface area contributed by atoms with Gasteiger partial charge in [-0.3, -0.25) is 14.8 Å². The Morgan fingerprint density at radius 3 is 2.65 bits per heavy atom. The van der Waals surface area contributed by atoms with Crippen molar-refractivity contribution in [3.05, 3.63) is 58.1 Å². The zero-order chi connectivity index (χ0) is 16.4. The summed E-state index contributed by atoms with van der Waals surface area (Å²) in [6.45, 7) is 0.520. The van der Waals surface area contributed by atoms with Gasteiger partial charge in [0.15, 0.2) is 0 Å². The molecular formula is C14H12Cl2N6O. The van der Waals surface area contributed by atoms with Crippen molar-refractivity contribution in [1.82, 2.24) is 24.5 Å². The van der Waals surface area contributed by atoms with Gasteiger partial charge in [0.2, 0.25) is 5.95 Å². The van der Waals surface area contributed by atoms with Gasteiger partial charge in [-0.25, -0.2) is 9.67 Å². The van der Waals surface area contributed by atoms with E-state index in [4.69, 9.17) is 23.2 Å². The normalized spacial score (nSPS) is 10.7. The third kappa shape index (κ3) is 3.52. The van der Waals surface area contributed by atoms with Crippen LogP contribution in [0, 0.1) is 0 Å². The average Bonchev–Trinajstić information content (AvgIpc) is 3.08. The number of anilines is 1. The molecule has 0 saturated heterocycles. The van der Waals surface area contributed by atoms with E-state index in [-0.39, 0.29) is 16.7 Å². The molecule has 0 radical (unpaired) electrons. The maximum Gasteiger partial charge on any atom is 0.277 e. The zero-order valence-electron chi connectivity index (χ0n) is 12.1. The zero-order valence-corrected chi connectivity index (χ0v) is 13.6. The molecule has 0 aliphatic carbocycles. The highest BCUT2D eigenvalue weighted by atomic mass is 35.5. The first-order valence-electron chi connectivity index (χ1n) is 6.65. The summed E-state index contributed by atoms with van der Waals surface area (Å²) in [5.74, 6) is -0.222. The van der Waals surface area contributed by atoms with E-state index >= 15 is 0 Å². The van der Waals surface area contributed by atoms with Crippen LogP contribution in [0.4, 0.5) is 5.95 Å². The monoisotopic (exact) mass is 350 g/mol. The molecule has 1 N–H and O–H groups in total. The molecule has 0 fully saturated rings. The maximum absolute atomic E-state index is 12.2. The number of halogens is 2. The van der Waals surface area contributed by atoms with Gasteiger partial charge in [-0.2, -0.15) is 5.10 Å². The summed E-state index contributed by atoms with van der Waals surface area (Å²) < 4.78 is 3.01. The number of amides is 1. The molecule has 0 saturated carbocycles. The lowest BCUT2D eigenvalue weighted by atomic mass is 10.2. The van der Waals surface area contributed by atoms with Gasteiger partial charge >= 0.3 is 0 Å². The summed E-state index contributed by atoms with van der Waals surface area (Å²) >= 11 is 11.8. The Balaban J connectivity index is 1.70. The molecule has 0 unspecified atom stereocenters. The van der Waals surface area contributed by atoms with Crippen molar-refractivity contribution in [2.24, 2.45) is 7.05 Å². The number of carbonyl (C=O) groups is 1. The van der Waals surface area contributed by atoms with Crippen LogP contribution in [0.25, 0.3) is 0 Å². The Kier molecular flexibility index (Phi) is 4.31. The van der Waals surface area contributed by atoms with Gasteiger partial charge in [0.25, 0.3) is 5.91 Å². The van der Waals surface area contributed by atoms with Gasteiger partial charge in [0, 0.05) is 12.1 Å². The van der Waals surface area contributed by atoms with E-state index in [0.29, 0.717) is 11.6 Å². The van der Waals surface area contributed by atoms with Crippen molar-refractivity contribution in [3.63, 3.8) is 0 Å². The highest BCUT2D eigenvalue weighted by Crippen LogP contribution is 2.15. The number of hydrogen-bond acceptors (Lipinski definition) is 4. The van der Waals surface area contributed by atoms with Crippen LogP contribution in [0.15, 0.2) is 36.8 Å². The van der Waals surface area contributed by atoms with Crippen LogP contribution in [-0.2, 0) is 13.6 Å². The molecule has 0 bridgehead atoms. The molecule has 7 nitrogen and oxygen atoms in total. The number of nitrogens with zero attached hydrogens (tertiary/aromatic N) is 5. The lowest BCUT2D eigenvalue weighted by molar-refractivity contribution is 0.101.